The molecule has 0 radical (unpaired) electrons. The van der Waals surface area contributed by atoms with Gasteiger partial charge in [0.15, 0.2) is 5.78 Å². The monoisotopic (exact) mass is 326 g/mol. The van der Waals surface area contributed by atoms with E-state index in [0.29, 0.717) is 11.6 Å². The van der Waals surface area contributed by atoms with E-state index in [0.717, 1.165) is 24.3 Å². The molecule has 3 nitrogen and oxygen atoms in total. The van der Waals surface area contributed by atoms with Gasteiger partial charge in [-0.25, -0.2) is 8.78 Å². The summed E-state index contributed by atoms with van der Waals surface area (Å²) in [6.07, 6.45) is 0. The van der Waals surface area contributed by atoms with Crippen LogP contribution in [0.5, 0.6) is 11.5 Å². The van der Waals surface area contributed by atoms with Gasteiger partial charge in [-0.15, -0.1) is 0 Å². The van der Waals surface area contributed by atoms with Crippen LogP contribution in [0.1, 0.15) is 15.9 Å². The van der Waals surface area contributed by atoms with Gasteiger partial charge in [-0.05, 0) is 29.8 Å². The highest BCUT2D eigenvalue weighted by Crippen LogP contribution is 2.39. The van der Waals surface area contributed by atoms with Crippen molar-refractivity contribution in [2.75, 3.05) is 0 Å². The molecule has 0 amide bonds. The minimum Gasteiger partial charge on any atom is -0.507 e. The van der Waals surface area contributed by atoms with Crippen LogP contribution in [-0.4, -0.2) is 16.0 Å². The molecule has 120 valence electrons. The Morgan fingerprint density at radius 1 is 0.750 bits per heavy atom. The van der Waals surface area contributed by atoms with Crippen LogP contribution in [-0.2, 0) is 0 Å². The number of aromatic hydroxyl groups is 2. The number of halogens is 2. The molecule has 3 rings (SSSR count). The van der Waals surface area contributed by atoms with Gasteiger partial charge in [-0.3, -0.25) is 4.79 Å². The maximum Gasteiger partial charge on any atom is 0.193 e. The lowest BCUT2D eigenvalue weighted by Crippen LogP contribution is -2.01. The molecule has 0 aliphatic rings. The lowest BCUT2D eigenvalue weighted by Gasteiger charge is -2.10. The average molecular weight is 326 g/mol. The standard InChI is InChI=1S/C19H12F2O3/c20-14-6-12(7-15(21)10-14)18-16(22)8-13(9-17(18)23)19(24)11-4-2-1-3-5-11/h1-10,22-23H. The minimum atomic E-state index is -0.840. The number of rotatable bonds is 3. The van der Waals surface area contributed by atoms with Crippen LogP contribution in [0.4, 0.5) is 8.78 Å². The van der Waals surface area contributed by atoms with Crippen molar-refractivity contribution in [3.05, 3.63) is 83.4 Å². The Bertz CT molecular complexity index is 878. The van der Waals surface area contributed by atoms with Crippen LogP contribution in [0.2, 0.25) is 0 Å². The minimum absolute atomic E-state index is 0.0267. The Morgan fingerprint density at radius 2 is 1.29 bits per heavy atom. The van der Waals surface area contributed by atoms with Crippen molar-refractivity contribution in [1.82, 2.24) is 0 Å². The Kier molecular flexibility index (Phi) is 4.00. The molecule has 0 bridgehead atoms. The quantitative estimate of drug-likeness (QED) is 0.707. The van der Waals surface area contributed by atoms with Gasteiger partial charge in [0.05, 0.1) is 5.56 Å². The van der Waals surface area contributed by atoms with Crippen LogP contribution < -0.4 is 0 Å². The molecule has 5 heteroatoms. The van der Waals surface area contributed by atoms with E-state index in [9.17, 15) is 23.8 Å². The second kappa shape index (κ2) is 6.12. The number of hydrogen-bond acceptors (Lipinski definition) is 3. The van der Waals surface area contributed by atoms with Gasteiger partial charge < -0.3 is 10.2 Å². The summed E-state index contributed by atoms with van der Waals surface area (Å²) in [4.78, 5) is 12.4. The van der Waals surface area contributed by atoms with Gasteiger partial charge in [0.25, 0.3) is 0 Å². The molecule has 0 aliphatic carbocycles. The summed E-state index contributed by atoms with van der Waals surface area (Å²) in [6, 6.07) is 13.3. The van der Waals surface area contributed by atoms with Crippen molar-refractivity contribution < 1.29 is 23.8 Å². The molecule has 24 heavy (non-hydrogen) atoms. The smallest absolute Gasteiger partial charge is 0.193 e. The van der Waals surface area contributed by atoms with Gasteiger partial charge in [0.2, 0.25) is 0 Å². The SMILES string of the molecule is O=C(c1ccccc1)c1cc(O)c(-c2cc(F)cc(F)c2)c(O)c1. The van der Waals surface area contributed by atoms with E-state index < -0.39 is 28.9 Å². The summed E-state index contributed by atoms with van der Waals surface area (Å²) < 4.78 is 26.7. The third-order valence-corrected chi connectivity index (χ3v) is 3.55. The Morgan fingerprint density at radius 3 is 1.83 bits per heavy atom. The van der Waals surface area contributed by atoms with Crippen molar-refractivity contribution in [3.63, 3.8) is 0 Å². The third-order valence-electron chi connectivity index (χ3n) is 3.55. The fourth-order valence-electron chi connectivity index (χ4n) is 2.49. The predicted octanol–water partition coefficient (Wildman–Crippen LogP) is 4.27. The molecule has 0 aromatic heterocycles. The molecule has 0 unspecified atom stereocenters. The van der Waals surface area contributed by atoms with Crippen LogP contribution >= 0.6 is 0 Å². The molecule has 0 heterocycles. The molecule has 0 aliphatic heterocycles. The maximum absolute atomic E-state index is 13.3. The van der Waals surface area contributed by atoms with Gasteiger partial charge in [-0.2, -0.15) is 0 Å². The number of benzene rings is 3. The fraction of sp³-hybridized carbons (Fsp3) is 0. The molecule has 0 saturated carbocycles. The zero-order valence-corrected chi connectivity index (χ0v) is 12.3. The molecule has 0 fully saturated rings. The first-order valence-electron chi connectivity index (χ1n) is 7.08. The number of ketones is 1. The summed E-state index contributed by atoms with van der Waals surface area (Å²) in [5.41, 5.74) is 0.289. The van der Waals surface area contributed by atoms with Gasteiger partial charge in [-0.1, -0.05) is 30.3 Å². The maximum atomic E-state index is 13.3. The Hall–Kier alpha value is -3.21. The highest BCUT2D eigenvalue weighted by atomic mass is 19.1. The highest BCUT2D eigenvalue weighted by Gasteiger charge is 2.17. The van der Waals surface area contributed by atoms with Crippen LogP contribution in [0.3, 0.4) is 0 Å². The molecule has 0 saturated heterocycles. The number of carbonyl (C=O) groups is 1. The Labute approximate surface area is 136 Å². The zero-order valence-electron chi connectivity index (χ0n) is 12.3. The first kappa shape index (κ1) is 15.7. The second-order valence-corrected chi connectivity index (χ2v) is 5.24. The predicted molar refractivity (Wildman–Crippen MR) is 85.0 cm³/mol. The van der Waals surface area contributed by atoms with Gasteiger partial charge >= 0.3 is 0 Å². The fourth-order valence-corrected chi connectivity index (χ4v) is 2.49. The van der Waals surface area contributed by atoms with E-state index in [-0.39, 0.29) is 16.7 Å². The van der Waals surface area contributed by atoms with Crippen LogP contribution in [0.25, 0.3) is 11.1 Å². The Balaban J connectivity index is 2.08. The lowest BCUT2D eigenvalue weighted by atomic mass is 9.97. The summed E-state index contributed by atoms with van der Waals surface area (Å²) in [7, 11) is 0. The van der Waals surface area contributed by atoms with Crippen LogP contribution in [0.15, 0.2) is 60.7 Å². The molecular weight excluding hydrogens is 314 g/mol. The van der Waals surface area contributed by atoms with Gasteiger partial charge in [0, 0.05) is 17.2 Å². The molecule has 3 aromatic rings. The lowest BCUT2D eigenvalue weighted by molar-refractivity contribution is 0.103. The van der Waals surface area contributed by atoms with E-state index in [4.69, 9.17) is 0 Å². The topological polar surface area (TPSA) is 57.5 Å². The number of phenolic OH excluding ortho intramolecular Hbond substituents is 2. The average Bonchev–Trinajstić information content (AvgIpc) is 2.53. The summed E-state index contributed by atoms with van der Waals surface area (Å²) >= 11 is 0. The van der Waals surface area contributed by atoms with Crippen molar-refractivity contribution >= 4 is 5.78 Å². The number of hydrogen-bond donors (Lipinski definition) is 2. The molecular formula is C19H12F2O3. The second-order valence-electron chi connectivity index (χ2n) is 5.24. The van der Waals surface area contributed by atoms with E-state index in [1.165, 1.54) is 0 Å². The molecule has 0 spiro atoms. The first-order valence-corrected chi connectivity index (χ1v) is 7.08. The number of phenols is 2. The van der Waals surface area contributed by atoms with Crippen molar-refractivity contribution in [2.45, 2.75) is 0 Å². The summed E-state index contributed by atoms with van der Waals surface area (Å²) in [5.74, 6) is -2.96. The van der Waals surface area contributed by atoms with E-state index >= 15 is 0 Å². The zero-order chi connectivity index (χ0) is 17.3. The first-order chi connectivity index (χ1) is 11.5. The molecule has 2 N–H and O–H groups in total. The van der Waals surface area contributed by atoms with Crippen LogP contribution in [0, 0.1) is 11.6 Å². The van der Waals surface area contributed by atoms with Crippen molar-refractivity contribution in [3.8, 4) is 22.6 Å². The van der Waals surface area contributed by atoms with Gasteiger partial charge in [0.1, 0.15) is 23.1 Å². The molecule has 0 atom stereocenters. The normalized spacial score (nSPS) is 10.6. The summed E-state index contributed by atoms with van der Waals surface area (Å²) in [5, 5.41) is 20.3. The van der Waals surface area contributed by atoms with E-state index in [1.807, 2.05) is 0 Å². The summed E-state index contributed by atoms with van der Waals surface area (Å²) in [6.45, 7) is 0. The molecule has 3 aromatic carbocycles. The highest BCUT2D eigenvalue weighted by molar-refractivity contribution is 6.10. The van der Waals surface area contributed by atoms with E-state index in [2.05, 4.69) is 0 Å². The third kappa shape index (κ3) is 2.96. The van der Waals surface area contributed by atoms with Crippen molar-refractivity contribution in [1.29, 1.82) is 0 Å². The van der Waals surface area contributed by atoms with Crippen molar-refractivity contribution in [2.24, 2.45) is 0 Å². The number of carbonyl (C=O) groups excluding carboxylic acids is 1. The van der Waals surface area contributed by atoms with E-state index in [1.54, 1.807) is 30.3 Å². The largest absolute Gasteiger partial charge is 0.507 e.